The second-order valence-electron chi connectivity index (χ2n) is 4.88. The summed E-state index contributed by atoms with van der Waals surface area (Å²) >= 11 is 3.60. The Labute approximate surface area is 114 Å². The predicted octanol–water partition coefficient (Wildman–Crippen LogP) is 4.76. The molecular weight excluding hydrogens is 274 g/mol. The molecule has 0 aliphatic rings. The van der Waals surface area contributed by atoms with Crippen LogP contribution < -0.4 is 5.32 Å². The van der Waals surface area contributed by atoms with E-state index < -0.39 is 0 Å². The van der Waals surface area contributed by atoms with Crippen molar-refractivity contribution in [2.24, 2.45) is 5.92 Å². The fraction of sp³-hybridized carbons (Fsp3) is 0.600. The first-order chi connectivity index (χ1) is 8.01. The summed E-state index contributed by atoms with van der Waals surface area (Å²) in [7, 11) is 0. The first-order valence-electron chi connectivity index (χ1n) is 6.51. The molecular formula is C15H24BrN. The first-order valence-corrected chi connectivity index (χ1v) is 7.30. The van der Waals surface area contributed by atoms with E-state index >= 15 is 0 Å². The van der Waals surface area contributed by atoms with Crippen molar-refractivity contribution in [1.82, 2.24) is 5.32 Å². The lowest BCUT2D eigenvalue weighted by molar-refractivity contribution is 0.382. The fourth-order valence-electron chi connectivity index (χ4n) is 2.21. The van der Waals surface area contributed by atoms with Crippen molar-refractivity contribution in [3.8, 4) is 0 Å². The maximum Gasteiger partial charge on any atom is 0.0348 e. The Morgan fingerprint density at radius 1 is 1.18 bits per heavy atom. The zero-order valence-corrected chi connectivity index (χ0v) is 13.2. The molecule has 2 atom stereocenters. The highest BCUT2D eigenvalue weighted by molar-refractivity contribution is 9.10. The third kappa shape index (κ3) is 3.56. The topological polar surface area (TPSA) is 12.0 Å². The van der Waals surface area contributed by atoms with Gasteiger partial charge in [0, 0.05) is 10.5 Å². The normalized spacial score (nSPS) is 14.7. The molecule has 1 rings (SSSR count). The van der Waals surface area contributed by atoms with E-state index in [1.54, 1.807) is 0 Å². The Balaban J connectivity index is 3.13. The van der Waals surface area contributed by atoms with Gasteiger partial charge < -0.3 is 5.32 Å². The molecule has 0 bridgehead atoms. The fourth-order valence-corrected chi connectivity index (χ4v) is 2.67. The number of benzene rings is 1. The average molecular weight is 298 g/mol. The van der Waals surface area contributed by atoms with Crippen molar-refractivity contribution in [1.29, 1.82) is 0 Å². The molecule has 0 fully saturated rings. The molecule has 17 heavy (non-hydrogen) atoms. The van der Waals surface area contributed by atoms with Gasteiger partial charge in [0.2, 0.25) is 0 Å². The van der Waals surface area contributed by atoms with Crippen molar-refractivity contribution in [3.63, 3.8) is 0 Å². The molecule has 1 aromatic carbocycles. The lowest BCUT2D eigenvalue weighted by Crippen LogP contribution is -2.27. The molecule has 1 aromatic rings. The smallest absolute Gasteiger partial charge is 0.0348 e. The molecule has 2 heteroatoms. The van der Waals surface area contributed by atoms with Crippen LogP contribution >= 0.6 is 15.9 Å². The van der Waals surface area contributed by atoms with Gasteiger partial charge in [0.1, 0.15) is 0 Å². The molecule has 96 valence electrons. The van der Waals surface area contributed by atoms with Crippen LogP contribution in [0.3, 0.4) is 0 Å². The molecule has 1 N–H and O–H groups in total. The molecule has 0 heterocycles. The van der Waals surface area contributed by atoms with Crippen molar-refractivity contribution in [2.45, 2.75) is 47.1 Å². The number of rotatable bonds is 5. The van der Waals surface area contributed by atoms with Crippen molar-refractivity contribution < 1.29 is 0 Å². The van der Waals surface area contributed by atoms with Gasteiger partial charge in [0.05, 0.1) is 0 Å². The van der Waals surface area contributed by atoms with Crippen LogP contribution in [0.15, 0.2) is 16.6 Å². The molecule has 0 aromatic heterocycles. The maximum atomic E-state index is 3.62. The first kappa shape index (κ1) is 14.7. The van der Waals surface area contributed by atoms with Gasteiger partial charge >= 0.3 is 0 Å². The monoisotopic (exact) mass is 297 g/mol. The molecule has 0 saturated heterocycles. The SMILES string of the molecule is CCNC(c1cc(C)c(Br)cc1C)C(C)CC. The number of hydrogen-bond acceptors (Lipinski definition) is 1. The van der Waals surface area contributed by atoms with Gasteiger partial charge in [-0.3, -0.25) is 0 Å². The van der Waals surface area contributed by atoms with Crippen LogP contribution in [-0.2, 0) is 0 Å². The summed E-state index contributed by atoms with van der Waals surface area (Å²) in [6, 6.07) is 5.02. The molecule has 0 aliphatic carbocycles. The molecule has 0 aliphatic heterocycles. The second kappa shape index (κ2) is 6.55. The minimum absolute atomic E-state index is 0.469. The number of nitrogens with one attached hydrogen (secondary N) is 1. The highest BCUT2D eigenvalue weighted by Gasteiger charge is 2.19. The largest absolute Gasteiger partial charge is 0.310 e. The van der Waals surface area contributed by atoms with E-state index in [1.165, 1.54) is 27.6 Å². The van der Waals surface area contributed by atoms with E-state index in [1.807, 2.05) is 0 Å². The summed E-state index contributed by atoms with van der Waals surface area (Å²) in [5, 5.41) is 3.62. The van der Waals surface area contributed by atoms with Crippen molar-refractivity contribution >= 4 is 15.9 Å². The lowest BCUT2D eigenvalue weighted by atomic mass is 9.89. The van der Waals surface area contributed by atoms with E-state index in [4.69, 9.17) is 0 Å². The van der Waals surface area contributed by atoms with E-state index in [2.05, 4.69) is 68.0 Å². The quantitative estimate of drug-likeness (QED) is 0.826. The van der Waals surface area contributed by atoms with E-state index in [0.717, 1.165) is 6.54 Å². The Hall–Kier alpha value is -0.340. The molecule has 0 radical (unpaired) electrons. The highest BCUT2D eigenvalue weighted by atomic mass is 79.9. The summed E-state index contributed by atoms with van der Waals surface area (Å²) in [4.78, 5) is 0. The second-order valence-corrected chi connectivity index (χ2v) is 5.73. The van der Waals surface area contributed by atoms with Crippen LogP contribution in [0.25, 0.3) is 0 Å². The van der Waals surface area contributed by atoms with Crippen LogP contribution in [0.1, 0.15) is 49.9 Å². The van der Waals surface area contributed by atoms with Gasteiger partial charge in [-0.2, -0.15) is 0 Å². The van der Waals surface area contributed by atoms with Gasteiger partial charge in [-0.1, -0.05) is 49.2 Å². The zero-order valence-electron chi connectivity index (χ0n) is 11.6. The van der Waals surface area contributed by atoms with Gasteiger partial charge in [-0.25, -0.2) is 0 Å². The van der Waals surface area contributed by atoms with Crippen LogP contribution in [0.5, 0.6) is 0 Å². The Morgan fingerprint density at radius 3 is 2.35 bits per heavy atom. The number of halogens is 1. The Morgan fingerprint density at radius 2 is 1.82 bits per heavy atom. The van der Waals surface area contributed by atoms with E-state index in [9.17, 15) is 0 Å². The number of hydrogen-bond donors (Lipinski definition) is 1. The Bertz CT molecular complexity index is 373. The summed E-state index contributed by atoms with van der Waals surface area (Å²) in [6.07, 6.45) is 1.20. The molecule has 2 unspecified atom stereocenters. The van der Waals surface area contributed by atoms with Crippen LogP contribution in [0.2, 0.25) is 0 Å². The summed E-state index contributed by atoms with van der Waals surface area (Å²) < 4.78 is 1.21. The summed E-state index contributed by atoms with van der Waals surface area (Å²) in [5.41, 5.74) is 4.13. The third-order valence-corrected chi connectivity index (χ3v) is 4.37. The minimum atomic E-state index is 0.469. The van der Waals surface area contributed by atoms with Gasteiger partial charge in [-0.05, 0) is 49.1 Å². The van der Waals surface area contributed by atoms with Crippen LogP contribution in [-0.4, -0.2) is 6.54 Å². The molecule has 1 nitrogen and oxygen atoms in total. The lowest BCUT2D eigenvalue weighted by Gasteiger charge is -2.26. The van der Waals surface area contributed by atoms with E-state index in [0.29, 0.717) is 12.0 Å². The maximum absolute atomic E-state index is 3.62. The third-order valence-electron chi connectivity index (χ3n) is 3.52. The molecule has 0 saturated carbocycles. The highest BCUT2D eigenvalue weighted by Crippen LogP contribution is 2.30. The van der Waals surface area contributed by atoms with Crippen molar-refractivity contribution in [3.05, 3.63) is 33.3 Å². The average Bonchev–Trinajstić information content (AvgIpc) is 2.30. The van der Waals surface area contributed by atoms with Crippen LogP contribution in [0.4, 0.5) is 0 Å². The van der Waals surface area contributed by atoms with Crippen LogP contribution in [0, 0.1) is 19.8 Å². The van der Waals surface area contributed by atoms with E-state index in [-0.39, 0.29) is 0 Å². The van der Waals surface area contributed by atoms with Gasteiger partial charge in [0.25, 0.3) is 0 Å². The van der Waals surface area contributed by atoms with Crippen molar-refractivity contribution in [2.75, 3.05) is 6.54 Å². The molecule has 0 spiro atoms. The predicted molar refractivity (Wildman–Crippen MR) is 79.5 cm³/mol. The van der Waals surface area contributed by atoms with Gasteiger partial charge in [0.15, 0.2) is 0 Å². The standard InChI is InChI=1S/C15H24BrN/c1-6-10(3)15(17-7-2)13-8-12(5)14(16)9-11(13)4/h8-10,15,17H,6-7H2,1-5H3. The number of aryl methyl sites for hydroxylation is 2. The zero-order chi connectivity index (χ0) is 13.0. The van der Waals surface area contributed by atoms with Gasteiger partial charge in [-0.15, -0.1) is 0 Å². The summed E-state index contributed by atoms with van der Waals surface area (Å²) in [5.74, 6) is 0.661. The molecule has 0 amide bonds. The summed E-state index contributed by atoms with van der Waals surface area (Å²) in [6.45, 7) is 12.1. The Kier molecular flexibility index (Phi) is 5.68. The minimum Gasteiger partial charge on any atom is -0.310 e.